The van der Waals surface area contributed by atoms with Crippen LogP contribution in [0.4, 0.5) is 0 Å². The number of carbonyl (C=O) groups excluding carboxylic acids is 6. The second-order valence-electron chi connectivity index (χ2n) is 17.4. The van der Waals surface area contributed by atoms with Gasteiger partial charge in [-0.1, -0.05) is 33.8 Å². The number of nitrogens with one attached hydrogen (secondary N) is 4. The van der Waals surface area contributed by atoms with E-state index in [0.717, 1.165) is 0 Å². The molecule has 0 aromatic carbocycles. The van der Waals surface area contributed by atoms with Crippen LogP contribution in [0.15, 0.2) is 34.2 Å². The van der Waals surface area contributed by atoms with Crippen molar-refractivity contribution in [2.75, 3.05) is 6.54 Å². The lowest BCUT2D eigenvalue weighted by molar-refractivity contribution is -0.150. The van der Waals surface area contributed by atoms with Gasteiger partial charge in [0.2, 0.25) is 23.6 Å². The minimum atomic E-state index is -1.84. The van der Waals surface area contributed by atoms with Gasteiger partial charge in [-0.05, 0) is 103 Å². The van der Waals surface area contributed by atoms with Gasteiger partial charge in [-0.2, -0.15) is 5.11 Å². The minimum absolute atomic E-state index is 0.0143. The van der Waals surface area contributed by atoms with E-state index in [1.54, 1.807) is 51.7 Å². The smallest absolute Gasteiger partial charge is 0.305 e. The maximum absolute atomic E-state index is 14.4. The van der Waals surface area contributed by atoms with Gasteiger partial charge in [-0.15, -0.1) is 5.11 Å². The predicted octanol–water partition coefficient (Wildman–Crippen LogP) is 0.976. The number of azo groups is 1. The van der Waals surface area contributed by atoms with Gasteiger partial charge in [0.05, 0.1) is 24.6 Å². The summed E-state index contributed by atoms with van der Waals surface area (Å²) in [7, 11) is 0. The lowest BCUT2D eigenvalue weighted by Gasteiger charge is -2.40. The third-order valence-corrected chi connectivity index (χ3v) is 10.0. The Kier molecular flexibility index (Phi) is 17.1. The molecule has 324 valence electrons. The first-order valence-corrected chi connectivity index (χ1v) is 20.0. The minimum Gasteiger partial charge on any atom is -0.508 e. The van der Waals surface area contributed by atoms with Gasteiger partial charge < -0.3 is 36.6 Å². The number of aliphatic carboxylic acids is 1. The zero-order chi connectivity index (χ0) is 43.6. The third-order valence-electron chi connectivity index (χ3n) is 10.0. The van der Waals surface area contributed by atoms with E-state index in [-0.39, 0.29) is 49.3 Å². The Morgan fingerprint density at radius 3 is 2.16 bits per heavy atom. The first-order valence-electron chi connectivity index (χ1n) is 20.0. The first kappa shape index (κ1) is 47.6. The second kappa shape index (κ2) is 20.8. The summed E-state index contributed by atoms with van der Waals surface area (Å²) in [6.45, 7) is 14.0. The molecular weight excluding hydrogens is 754 g/mol. The van der Waals surface area contributed by atoms with Crippen LogP contribution in [0.5, 0.6) is 0 Å². The van der Waals surface area contributed by atoms with Crippen molar-refractivity contribution in [3.05, 3.63) is 24.0 Å². The fourth-order valence-electron chi connectivity index (χ4n) is 7.46. The third kappa shape index (κ3) is 13.7. The molecule has 0 bridgehead atoms. The lowest BCUT2D eigenvalue weighted by Crippen LogP contribution is -2.67. The molecule has 9 N–H and O–H groups in total. The number of carbonyl (C=O) groups is 7. The molecule has 58 heavy (non-hydrogen) atoms. The summed E-state index contributed by atoms with van der Waals surface area (Å²) in [4.78, 5) is 98.1. The Labute approximate surface area is 339 Å². The van der Waals surface area contributed by atoms with Crippen LogP contribution < -0.4 is 27.1 Å². The summed E-state index contributed by atoms with van der Waals surface area (Å²) in [5.74, 6) is -0.999. The lowest BCUT2D eigenvalue weighted by atomic mass is 9.92. The normalized spacial score (nSPS) is 29.1. The zero-order valence-corrected chi connectivity index (χ0v) is 34.8. The molecule has 19 nitrogen and oxygen atoms in total. The van der Waals surface area contributed by atoms with E-state index >= 15 is 0 Å². The summed E-state index contributed by atoms with van der Waals surface area (Å²) >= 11 is 0. The highest BCUT2D eigenvalue weighted by Gasteiger charge is 2.46. The standard InChI is InChI=1S/C39H63N9O10/c1-20(2)16-25-32(37(57)44-39(6,7)8)47-15-9-10-29(47)35(55)42-26(18-23-11-13-24(50)14-12-23)34(54)46-45-27(17-21(3)4)33(53)43-28(19-30(51)52)38(58)48(40)31(22(5)49)36(56)41-25/h11,13-14,20-23,25-29,31-32,49-50H,9-10,12,15-19,40H2,1-8H3,(H,41,56)(H,42,55)(H,43,53)(H,44,57)(H,51,52)/t22-,23?,25+,26+,27+,28+,29+,31+,32+/m1/s1. The van der Waals surface area contributed by atoms with Crippen LogP contribution in [-0.4, -0.2) is 127 Å². The molecule has 0 aromatic heterocycles. The Bertz CT molecular complexity index is 1620. The molecule has 2 heterocycles. The summed E-state index contributed by atoms with van der Waals surface area (Å²) in [5.41, 5.74) is -0.746. The van der Waals surface area contributed by atoms with Crippen molar-refractivity contribution >= 4 is 41.4 Å². The maximum atomic E-state index is 14.4. The zero-order valence-electron chi connectivity index (χ0n) is 34.8. The van der Waals surface area contributed by atoms with E-state index in [4.69, 9.17) is 5.84 Å². The highest BCUT2D eigenvalue weighted by molar-refractivity contribution is 5.96. The molecule has 3 aliphatic rings. The van der Waals surface area contributed by atoms with Crippen LogP contribution >= 0.6 is 0 Å². The van der Waals surface area contributed by atoms with Crippen molar-refractivity contribution < 1.29 is 48.9 Å². The Balaban J connectivity index is 2.26. The van der Waals surface area contributed by atoms with Gasteiger partial charge in [0.25, 0.3) is 11.8 Å². The number of carboxylic acid groups (broad SMARTS) is 1. The van der Waals surface area contributed by atoms with E-state index in [0.29, 0.717) is 24.3 Å². The molecule has 1 fully saturated rings. The molecule has 1 unspecified atom stereocenters. The molecule has 3 rings (SSSR count). The number of hydrazine groups is 1. The molecule has 0 aromatic rings. The predicted molar refractivity (Wildman–Crippen MR) is 211 cm³/mol. The van der Waals surface area contributed by atoms with Crippen molar-refractivity contribution in [3.63, 3.8) is 0 Å². The molecule has 6 amide bonds. The van der Waals surface area contributed by atoms with Gasteiger partial charge in [-0.3, -0.25) is 43.5 Å². The fraction of sp³-hybridized carbons (Fsp3) is 0.718. The Morgan fingerprint density at radius 1 is 0.966 bits per heavy atom. The number of nitrogens with two attached hydrogens (primary N) is 1. The molecule has 0 saturated carbocycles. The van der Waals surface area contributed by atoms with Gasteiger partial charge >= 0.3 is 5.97 Å². The highest BCUT2D eigenvalue weighted by Crippen LogP contribution is 2.27. The van der Waals surface area contributed by atoms with E-state index in [9.17, 15) is 48.9 Å². The van der Waals surface area contributed by atoms with Crippen LogP contribution in [0.3, 0.4) is 0 Å². The van der Waals surface area contributed by atoms with Crippen molar-refractivity contribution in [2.45, 2.75) is 154 Å². The van der Waals surface area contributed by atoms with Crippen LogP contribution in [0.1, 0.15) is 100 Å². The quantitative estimate of drug-likeness (QED) is 0.113. The van der Waals surface area contributed by atoms with E-state index < -0.39 is 102 Å². The number of aliphatic hydroxyl groups excluding tert-OH is 2. The number of amides is 6. The molecule has 2 aliphatic heterocycles. The van der Waals surface area contributed by atoms with E-state index in [1.165, 1.54) is 13.0 Å². The average molecular weight is 818 g/mol. The Morgan fingerprint density at radius 2 is 1.60 bits per heavy atom. The molecule has 1 aliphatic carbocycles. The number of carboxylic acids is 1. The van der Waals surface area contributed by atoms with Crippen LogP contribution in [0, 0.1) is 17.8 Å². The number of aliphatic hydroxyl groups is 2. The van der Waals surface area contributed by atoms with Crippen LogP contribution in [0.2, 0.25) is 0 Å². The maximum Gasteiger partial charge on any atom is 0.305 e. The number of nitrogens with zero attached hydrogens (tertiary/aromatic N) is 4. The van der Waals surface area contributed by atoms with Gasteiger partial charge in [0.1, 0.15) is 29.9 Å². The average Bonchev–Trinajstić information content (AvgIpc) is 3.57. The molecule has 9 atom stereocenters. The van der Waals surface area contributed by atoms with Crippen LogP contribution in [0.25, 0.3) is 0 Å². The molecular formula is C39H63N9O10. The SMILES string of the molecule is CC(C)C[C@@H]1N=NC(=O)[C@H](CC2C=CC(O)=CC2)NC(=O)[C@@H]2CCCN2[C@H](C(=O)NC(C)(C)C)[C@H](CC(C)C)NC(=O)[C@H]([C@@H](C)O)N(N)C(=O)[C@H](CC(=O)O)NC1=O. The van der Waals surface area contributed by atoms with Gasteiger partial charge in [0.15, 0.2) is 6.04 Å². The van der Waals surface area contributed by atoms with Gasteiger partial charge in [-0.25, -0.2) is 5.84 Å². The largest absolute Gasteiger partial charge is 0.508 e. The van der Waals surface area contributed by atoms with Crippen molar-refractivity contribution in [2.24, 2.45) is 33.8 Å². The highest BCUT2D eigenvalue weighted by atomic mass is 16.4. The second-order valence-corrected chi connectivity index (χ2v) is 17.4. The van der Waals surface area contributed by atoms with Gasteiger partial charge in [0, 0.05) is 5.54 Å². The summed E-state index contributed by atoms with van der Waals surface area (Å²) in [5, 5.41) is 49.8. The topological polar surface area (TPSA) is 286 Å². The van der Waals surface area contributed by atoms with E-state index in [1.807, 2.05) is 13.8 Å². The number of hydrogen-bond acceptors (Lipinski definition) is 12. The van der Waals surface area contributed by atoms with E-state index in [2.05, 4.69) is 31.5 Å². The number of fused-ring (bicyclic) bond motifs is 1. The summed E-state index contributed by atoms with van der Waals surface area (Å²) < 4.78 is 0. The van der Waals surface area contributed by atoms with Crippen molar-refractivity contribution in [1.29, 1.82) is 0 Å². The van der Waals surface area contributed by atoms with Crippen molar-refractivity contribution in [1.82, 2.24) is 31.2 Å². The molecule has 0 radical (unpaired) electrons. The molecule has 1 saturated heterocycles. The number of allylic oxidation sites excluding steroid dienone is 3. The number of hydrogen-bond donors (Lipinski definition) is 8. The number of rotatable bonds is 10. The van der Waals surface area contributed by atoms with Crippen molar-refractivity contribution in [3.8, 4) is 0 Å². The first-order chi connectivity index (χ1) is 27.0. The molecule has 0 spiro atoms. The Hall–Kier alpha value is -4.75. The fourth-order valence-corrected chi connectivity index (χ4v) is 7.46. The monoisotopic (exact) mass is 817 g/mol. The summed E-state index contributed by atoms with van der Waals surface area (Å²) in [6.07, 6.45) is 3.53. The van der Waals surface area contributed by atoms with Crippen LogP contribution in [-0.2, 0) is 33.6 Å². The molecule has 19 heteroatoms. The summed E-state index contributed by atoms with van der Waals surface area (Å²) in [6, 6.07) is -9.49.